The van der Waals surface area contributed by atoms with E-state index < -0.39 is 0 Å². The molecule has 1 aromatic heterocycles. The standard InChI is InChI=1S/C16H26N2O/c1-4-6-7-8-9-12-15(17-5-2)14-11-10-13-18-16(14)19-3/h4,10-11,13,15,17H,1,5-9,12H2,2-3H3. The van der Waals surface area contributed by atoms with Crippen molar-refractivity contribution in [1.82, 2.24) is 10.3 Å². The largest absolute Gasteiger partial charge is 0.481 e. The van der Waals surface area contributed by atoms with E-state index in [2.05, 4.69) is 29.9 Å². The van der Waals surface area contributed by atoms with Crippen molar-refractivity contribution in [3.8, 4) is 5.88 Å². The number of allylic oxidation sites excluding steroid dienone is 1. The molecule has 0 aliphatic heterocycles. The summed E-state index contributed by atoms with van der Waals surface area (Å²) >= 11 is 0. The maximum absolute atomic E-state index is 5.35. The summed E-state index contributed by atoms with van der Waals surface area (Å²) in [5.74, 6) is 0.736. The first-order valence-corrected chi connectivity index (χ1v) is 7.16. The third-order valence-electron chi connectivity index (χ3n) is 3.22. The lowest BCUT2D eigenvalue weighted by molar-refractivity contribution is 0.377. The molecule has 0 radical (unpaired) electrons. The monoisotopic (exact) mass is 262 g/mol. The van der Waals surface area contributed by atoms with Crippen LogP contribution in [-0.4, -0.2) is 18.6 Å². The second kappa shape index (κ2) is 9.56. The number of hydrogen-bond donors (Lipinski definition) is 1. The molecule has 1 N–H and O–H groups in total. The Morgan fingerprint density at radius 3 is 2.95 bits per heavy atom. The first-order chi connectivity index (χ1) is 9.33. The van der Waals surface area contributed by atoms with E-state index in [-0.39, 0.29) is 0 Å². The third-order valence-corrected chi connectivity index (χ3v) is 3.22. The van der Waals surface area contributed by atoms with Crippen molar-refractivity contribution in [2.45, 2.75) is 45.1 Å². The van der Waals surface area contributed by atoms with E-state index in [1.807, 2.05) is 12.1 Å². The lowest BCUT2D eigenvalue weighted by atomic mass is 10.0. The molecule has 0 aliphatic rings. The van der Waals surface area contributed by atoms with Crippen LogP contribution in [0.4, 0.5) is 0 Å². The van der Waals surface area contributed by atoms with Gasteiger partial charge in [0.1, 0.15) is 0 Å². The van der Waals surface area contributed by atoms with Crippen molar-refractivity contribution in [1.29, 1.82) is 0 Å². The second-order valence-electron chi connectivity index (χ2n) is 4.64. The van der Waals surface area contributed by atoms with Gasteiger partial charge in [-0.25, -0.2) is 4.98 Å². The Labute approximate surface area is 117 Å². The minimum atomic E-state index is 0.331. The Balaban J connectivity index is 2.57. The molecular weight excluding hydrogens is 236 g/mol. The van der Waals surface area contributed by atoms with Gasteiger partial charge >= 0.3 is 0 Å². The summed E-state index contributed by atoms with van der Waals surface area (Å²) in [7, 11) is 1.68. The fourth-order valence-electron chi connectivity index (χ4n) is 2.27. The molecule has 1 rings (SSSR count). The molecule has 1 unspecified atom stereocenters. The number of pyridine rings is 1. The zero-order valence-corrected chi connectivity index (χ0v) is 12.2. The van der Waals surface area contributed by atoms with E-state index in [1.165, 1.54) is 19.3 Å². The number of aromatic nitrogens is 1. The van der Waals surface area contributed by atoms with Gasteiger partial charge in [-0.15, -0.1) is 6.58 Å². The van der Waals surface area contributed by atoms with Gasteiger partial charge in [0, 0.05) is 17.8 Å². The van der Waals surface area contributed by atoms with Crippen LogP contribution in [-0.2, 0) is 0 Å². The van der Waals surface area contributed by atoms with Crippen LogP contribution >= 0.6 is 0 Å². The number of nitrogens with zero attached hydrogens (tertiary/aromatic N) is 1. The normalized spacial score (nSPS) is 12.1. The molecule has 0 saturated carbocycles. The highest BCUT2D eigenvalue weighted by molar-refractivity contribution is 5.28. The number of rotatable bonds is 10. The number of nitrogens with one attached hydrogen (secondary N) is 1. The maximum Gasteiger partial charge on any atom is 0.217 e. The molecule has 1 aromatic rings. The second-order valence-corrected chi connectivity index (χ2v) is 4.64. The smallest absolute Gasteiger partial charge is 0.217 e. The molecule has 106 valence electrons. The number of unbranched alkanes of at least 4 members (excludes halogenated alkanes) is 3. The highest BCUT2D eigenvalue weighted by Gasteiger charge is 2.15. The SMILES string of the molecule is C=CCCCCCC(NCC)c1cccnc1OC. The summed E-state index contributed by atoms with van der Waals surface area (Å²) in [6, 6.07) is 4.40. The molecule has 0 bridgehead atoms. The predicted molar refractivity (Wildman–Crippen MR) is 80.5 cm³/mol. The van der Waals surface area contributed by atoms with Crippen LogP contribution in [0.2, 0.25) is 0 Å². The fraction of sp³-hybridized carbons (Fsp3) is 0.562. The molecule has 0 aromatic carbocycles. The Hall–Kier alpha value is -1.35. The molecule has 0 aliphatic carbocycles. The molecule has 0 fully saturated rings. The van der Waals surface area contributed by atoms with E-state index in [0.29, 0.717) is 6.04 Å². The van der Waals surface area contributed by atoms with Crippen molar-refractivity contribution in [3.63, 3.8) is 0 Å². The quantitative estimate of drug-likeness (QED) is 0.513. The number of hydrogen-bond acceptors (Lipinski definition) is 3. The van der Waals surface area contributed by atoms with Crippen molar-refractivity contribution >= 4 is 0 Å². The summed E-state index contributed by atoms with van der Waals surface area (Å²) in [4.78, 5) is 4.28. The highest BCUT2D eigenvalue weighted by Crippen LogP contribution is 2.26. The van der Waals surface area contributed by atoms with Crippen LogP contribution in [0.5, 0.6) is 5.88 Å². The van der Waals surface area contributed by atoms with Gasteiger partial charge in [0.15, 0.2) is 0 Å². The Kier molecular flexibility index (Phi) is 7.91. The van der Waals surface area contributed by atoms with Gasteiger partial charge < -0.3 is 10.1 Å². The van der Waals surface area contributed by atoms with Crippen molar-refractivity contribution in [3.05, 3.63) is 36.5 Å². The first kappa shape index (κ1) is 15.7. The highest BCUT2D eigenvalue weighted by atomic mass is 16.5. The van der Waals surface area contributed by atoms with E-state index in [9.17, 15) is 0 Å². The average Bonchev–Trinajstić information content (AvgIpc) is 2.46. The lowest BCUT2D eigenvalue weighted by Crippen LogP contribution is -2.21. The van der Waals surface area contributed by atoms with E-state index >= 15 is 0 Å². The van der Waals surface area contributed by atoms with Crippen LogP contribution in [0.15, 0.2) is 31.0 Å². The summed E-state index contributed by atoms with van der Waals surface area (Å²) in [6.45, 7) is 6.84. The molecule has 1 atom stereocenters. The van der Waals surface area contributed by atoms with Crippen LogP contribution in [0.25, 0.3) is 0 Å². The minimum absolute atomic E-state index is 0.331. The zero-order valence-electron chi connectivity index (χ0n) is 12.2. The zero-order chi connectivity index (χ0) is 13.9. The van der Waals surface area contributed by atoms with Crippen molar-refractivity contribution in [2.24, 2.45) is 0 Å². The van der Waals surface area contributed by atoms with E-state index in [0.717, 1.165) is 30.8 Å². The summed E-state index contributed by atoms with van der Waals surface area (Å²) < 4.78 is 5.35. The van der Waals surface area contributed by atoms with Crippen molar-refractivity contribution < 1.29 is 4.74 Å². The summed E-state index contributed by atoms with van der Waals surface area (Å²) in [6.07, 6.45) is 9.68. The van der Waals surface area contributed by atoms with Crippen LogP contribution in [0, 0.1) is 0 Å². The number of methoxy groups -OCH3 is 1. The Bertz CT molecular complexity index is 366. The molecular formula is C16H26N2O. The molecule has 1 heterocycles. The van der Waals surface area contributed by atoms with E-state index in [4.69, 9.17) is 4.74 Å². The Morgan fingerprint density at radius 2 is 2.26 bits per heavy atom. The predicted octanol–water partition coefficient (Wildman–Crippen LogP) is 3.88. The molecule has 0 amide bonds. The Morgan fingerprint density at radius 1 is 1.42 bits per heavy atom. The van der Waals surface area contributed by atoms with Gasteiger partial charge in [0.25, 0.3) is 0 Å². The van der Waals surface area contributed by atoms with Gasteiger partial charge in [0.2, 0.25) is 5.88 Å². The van der Waals surface area contributed by atoms with Gasteiger partial charge in [-0.2, -0.15) is 0 Å². The van der Waals surface area contributed by atoms with Gasteiger partial charge in [0.05, 0.1) is 7.11 Å². The first-order valence-electron chi connectivity index (χ1n) is 7.16. The molecule has 3 heteroatoms. The van der Waals surface area contributed by atoms with Gasteiger partial charge in [-0.3, -0.25) is 0 Å². The third kappa shape index (κ3) is 5.43. The summed E-state index contributed by atoms with van der Waals surface area (Å²) in [5.41, 5.74) is 1.16. The van der Waals surface area contributed by atoms with Crippen LogP contribution in [0.1, 0.15) is 50.6 Å². The van der Waals surface area contributed by atoms with Gasteiger partial charge in [-0.1, -0.05) is 31.9 Å². The van der Waals surface area contributed by atoms with Gasteiger partial charge in [-0.05, 0) is 31.9 Å². The number of ether oxygens (including phenoxy) is 1. The lowest BCUT2D eigenvalue weighted by Gasteiger charge is -2.19. The topological polar surface area (TPSA) is 34.2 Å². The van der Waals surface area contributed by atoms with Crippen molar-refractivity contribution in [2.75, 3.05) is 13.7 Å². The molecule has 0 spiro atoms. The molecule has 19 heavy (non-hydrogen) atoms. The fourth-order valence-corrected chi connectivity index (χ4v) is 2.27. The van der Waals surface area contributed by atoms with Crippen LogP contribution in [0.3, 0.4) is 0 Å². The van der Waals surface area contributed by atoms with E-state index in [1.54, 1.807) is 13.3 Å². The minimum Gasteiger partial charge on any atom is -0.481 e. The maximum atomic E-state index is 5.35. The molecule has 3 nitrogen and oxygen atoms in total. The molecule has 0 saturated heterocycles. The average molecular weight is 262 g/mol. The summed E-state index contributed by atoms with van der Waals surface area (Å²) in [5, 5.41) is 3.52. The van der Waals surface area contributed by atoms with Crippen LogP contribution < -0.4 is 10.1 Å².